The largest absolute Gasteiger partial charge is 0.455 e. The minimum Gasteiger partial charge on any atom is -0.455 e. The van der Waals surface area contributed by atoms with E-state index in [1.807, 2.05) is 0 Å². The first-order chi connectivity index (χ1) is 13.7. The molecule has 0 bridgehead atoms. The van der Waals surface area contributed by atoms with Crippen LogP contribution in [-0.4, -0.2) is 66.4 Å². The molecule has 1 heterocycles. The molecule has 160 valence electrons. The molecule has 0 aliphatic carbocycles. The van der Waals surface area contributed by atoms with E-state index in [2.05, 4.69) is 0 Å². The second kappa shape index (κ2) is 10.3. The number of rotatable bonds is 8. The zero-order valence-electron chi connectivity index (χ0n) is 16.2. The molecule has 0 spiro atoms. The number of nitro benzene ring substituents is 1. The third kappa shape index (κ3) is 5.94. The predicted octanol–water partition coefficient (Wildman–Crippen LogP) is 0.707. The van der Waals surface area contributed by atoms with E-state index in [1.165, 1.54) is 19.2 Å². The van der Waals surface area contributed by atoms with E-state index in [4.69, 9.17) is 23.7 Å². The highest BCUT2D eigenvalue weighted by Gasteiger charge is 2.49. The topological polar surface area (TPSA) is 144 Å². The molecule has 0 unspecified atom stereocenters. The molecule has 2 rings (SSSR count). The van der Waals surface area contributed by atoms with Crippen molar-refractivity contribution in [3.8, 4) is 0 Å². The van der Waals surface area contributed by atoms with Crippen LogP contribution in [0.4, 0.5) is 5.69 Å². The summed E-state index contributed by atoms with van der Waals surface area (Å²) in [5, 5.41) is 21.6. The lowest BCUT2D eigenvalue weighted by Gasteiger charge is -2.42. The van der Waals surface area contributed by atoms with Gasteiger partial charge in [0.15, 0.2) is 18.5 Å². The van der Waals surface area contributed by atoms with Crippen LogP contribution >= 0.6 is 0 Å². The Morgan fingerprint density at radius 1 is 1.17 bits per heavy atom. The third-order valence-corrected chi connectivity index (χ3v) is 4.18. The van der Waals surface area contributed by atoms with Gasteiger partial charge in [0, 0.05) is 27.0 Å². The summed E-state index contributed by atoms with van der Waals surface area (Å²) in [6, 6.07) is 6.08. The number of hydrogen-bond acceptors (Lipinski definition) is 10. The normalized spacial score (nSPS) is 26.6. The molecule has 0 saturated carbocycles. The van der Waals surface area contributed by atoms with E-state index < -0.39 is 47.6 Å². The molecule has 5 atom stereocenters. The van der Waals surface area contributed by atoms with Gasteiger partial charge in [0.2, 0.25) is 0 Å². The molecule has 1 aromatic carbocycles. The van der Waals surface area contributed by atoms with Gasteiger partial charge >= 0.3 is 11.9 Å². The molecule has 1 aliphatic rings. The van der Waals surface area contributed by atoms with Crippen LogP contribution in [0.1, 0.15) is 19.4 Å². The quantitative estimate of drug-likeness (QED) is 0.367. The average Bonchev–Trinajstić information content (AvgIpc) is 2.66. The minimum atomic E-state index is -1.39. The molecule has 1 aliphatic heterocycles. The minimum absolute atomic E-state index is 0.0971. The van der Waals surface area contributed by atoms with Gasteiger partial charge < -0.3 is 28.8 Å². The van der Waals surface area contributed by atoms with Crippen molar-refractivity contribution in [2.75, 3.05) is 13.7 Å². The van der Waals surface area contributed by atoms with Crippen molar-refractivity contribution in [2.24, 2.45) is 0 Å². The fourth-order valence-corrected chi connectivity index (χ4v) is 2.96. The molecule has 1 fully saturated rings. The summed E-state index contributed by atoms with van der Waals surface area (Å²) in [4.78, 5) is 33.4. The summed E-state index contributed by atoms with van der Waals surface area (Å²) in [7, 11) is 1.30. The van der Waals surface area contributed by atoms with Gasteiger partial charge in [0.05, 0.1) is 23.7 Å². The maximum absolute atomic E-state index is 11.4. The molecular weight excluding hydrogens is 390 g/mol. The molecular formula is C18H23NO10. The monoisotopic (exact) mass is 413 g/mol. The number of para-hydroxylation sites is 1. The first kappa shape index (κ1) is 22.7. The van der Waals surface area contributed by atoms with Gasteiger partial charge in [-0.2, -0.15) is 0 Å². The highest BCUT2D eigenvalue weighted by Crippen LogP contribution is 2.27. The number of benzene rings is 1. The Kier molecular flexibility index (Phi) is 8.02. The number of nitro groups is 1. The van der Waals surface area contributed by atoms with Crippen LogP contribution in [0.2, 0.25) is 0 Å². The van der Waals surface area contributed by atoms with E-state index in [0.29, 0.717) is 5.56 Å². The lowest BCUT2D eigenvalue weighted by Crippen LogP contribution is -2.61. The first-order valence-electron chi connectivity index (χ1n) is 8.75. The van der Waals surface area contributed by atoms with Gasteiger partial charge in [-0.05, 0) is 6.07 Å². The van der Waals surface area contributed by atoms with Crippen LogP contribution in [0.3, 0.4) is 0 Å². The molecule has 29 heavy (non-hydrogen) atoms. The molecule has 0 aromatic heterocycles. The van der Waals surface area contributed by atoms with Crippen molar-refractivity contribution in [1.82, 2.24) is 0 Å². The third-order valence-electron chi connectivity index (χ3n) is 4.18. The maximum atomic E-state index is 11.4. The lowest BCUT2D eigenvalue weighted by molar-refractivity contribution is -0.386. The number of methoxy groups -OCH3 is 1. The van der Waals surface area contributed by atoms with Crippen molar-refractivity contribution < 1.29 is 43.3 Å². The summed E-state index contributed by atoms with van der Waals surface area (Å²) in [6.07, 6.45) is -5.93. The van der Waals surface area contributed by atoms with Gasteiger partial charge in [-0.15, -0.1) is 0 Å². The standard InChI is InChI=1S/C18H23NO10/c1-10(20)27-16-15(22)14(29-18(25-3)17(16)28-11(2)21)9-26-8-12-6-4-5-7-13(12)19(23)24/h4-7,14-18,22H,8-9H2,1-3H3/t14-,15+,16+,17-,18+/m1/s1. The van der Waals surface area contributed by atoms with Crippen molar-refractivity contribution in [1.29, 1.82) is 0 Å². The van der Waals surface area contributed by atoms with Gasteiger partial charge in [-0.25, -0.2) is 0 Å². The smallest absolute Gasteiger partial charge is 0.303 e. The molecule has 1 N–H and O–H groups in total. The Balaban J connectivity index is 2.09. The van der Waals surface area contributed by atoms with E-state index in [9.17, 15) is 24.8 Å². The lowest BCUT2D eigenvalue weighted by atomic mass is 9.98. The Hall–Kier alpha value is -2.60. The van der Waals surface area contributed by atoms with Crippen molar-refractivity contribution in [3.05, 3.63) is 39.9 Å². The number of hydrogen-bond donors (Lipinski definition) is 1. The van der Waals surface area contributed by atoms with Crippen LogP contribution in [0, 0.1) is 10.1 Å². The van der Waals surface area contributed by atoms with Crippen LogP contribution in [0.5, 0.6) is 0 Å². The SMILES string of the molecule is CO[C@H]1O[C@H](COCc2ccccc2[N+](=O)[O-])[C@H](O)[C@H](OC(C)=O)[C@H]1OC(C)=O. The van der Waals surface area contributed by atoms with Crippen molar-refractivity contribution >= 4 is 17.6 Å². The molecule has 1 saturated heterocycles. The zero-order valence-corrected chi connectivity index (χ0v) is 16.2. The van der Waals surface area contributed by atoms with Gasteiger partial charge in [0.1, 0.15) is 12.2 Å². The molecule has 1 aromatic rings. The van der Waals surface area contributed by atoms with Crippen molar-refractivity contribution in [2.45, 2.75) is 51.2 Å². The Bertz CT molecular complexity index is 739. The molecule has 0 amide bonds. The summed E-state index contributed by atoms with van der Waals surface area (Å²) in [6.45, 7) is 2.02. The average molecular weight is 413 g/mol. The number of aliphatic hydroxyl groups is 1. The number of ether oxygens (including phenoxy) is 5. The Morgan fingerprint density at radius 3 is 2.38 bits per heavy atom. The fraction of sp³-hybridized carbons (Fsp3) is 0.556. The number of carbonyl (C=O) groups excluding carboxylic acids is 2. The highest BCUT2D eigenvalue weighted by molar-refractivity contribution is 5.67. The molecule has 11 heteroatoms. The van der Waals surface area contributed by atoms with Crippen LogP contribution < -0.4 is 0 Å². The van der Waals surface area contributed by atoms with Gasteiger partial charge in [-0.3, -0.25) is 19.7 Å². The predicted molar refractivity (Wildman–Crippen MR) is 95.5 cm³/mol. The summed E-state index contributed by atoms with van der Waals surface area (Å²) in [5.41, 5.74) is 0.250. The number of esters is 2. The van der Waals surface area contributed by atoms with Crippen LogP contribution in [-0.2, 0) is 39.9 Å². The number of carbonyl (C=O) groups is 2. The second-order valence-electron chi connectivity index (χ2n) is 6.32. The Morgan fingerprint density at radius 2 is 1.79 bits per heavy atom. The summed E-state index contributed by atoms with van der Waals surface area (Å²) >= 11 is 0. The summed E-state index contributed by atoms with van der Waals surface area (Å²) in [5.74, 6) is -1.36. The van der Waals surface area contributed by atoms with Gasteiger partial charge in [0.25, 0.3) is 5.69 Å². The first-order valence-corrected chi connectivity index (χ1v) is 8.75. The Labute approximate surface area is 166 Å². The van der Waals surface area contributed by atoms with E-state index in [1.54, 1.807) is 12.1 Å². The van der Waals surface area contributed by atoms with Crippen LogP contribution in [0.25, 0.3) is 0 Å². The number of aliphatic hydroxyl groups excluding tert-OH is 1. The second-order valence-corrected chi connectivity index (χ2v) is 6.32. The fourth-order valence-electron chi connectivity index (χ4n) is 2.96. The van der Waals surface area contributed by atoms with Crippen molar-refractivity contribution in [3.63, 3.8) is 0 Å². The van der Waals surface area contributed by atoms with E-state index >= 15 is 0 Å². The van der Waals surface area contributed by atoms with Crippen LogP contribution in [0.15, 0.2) is 24.3 Å². The van der Waals surface area contributed by atoms with Gasteiger partial charge in [-0.1, -0.05) is 12.1 Å². The molecule has 0 radical (unpaired) electrons. The maximum Gasteiger partial charge on any atom is 0.303 e. The summed E-state index contributed by atoms with van der Waals surface area (Å²) < 4.78 is 26.5. The highest BCUT2D eigenvalue weighted by atomic mass is 16.7. The number of nitrogens with zero attached hydrogens (tertiary/aromatic N) is 1. The van der Waals surface area contributed by atoms with E-state index in [-0.39, 0.29) is 18.9 Å². The van der Waals surface area contributed by atoms with E-state index in [0.717, 1.165) is 13.8 Å². The zero-order chi connectivity index (χ0) is 21.6. The molecule has 11 nitrogen and oxygen atoms in total.